The van der Waals surface area contributed by atoms with Gasteiger partial charge in [0.2, 0.25) is 5.91 Å². The topological polar surface area (TPSA) is 49.0 Å². The molecule has 120 valence electrons. The van der Waals surface area contributed by atoms with Gasteiger partial charge in [0.1, 0.15) is 12.6 Å². The minimum atomic E-state index is 0.0478. The van der Waals surface area contributed by atoms with Crippen molar-refractivity contribution in [3.05, 3.63) is 71.9 Å². The zero-order valence-electron chi connectivity index (χ0n) is 13.6. The fourth-order valence-electron chi connectivity index (χ4n) is 2.89. The second-order valence-corrected chi connectivity index (χ2v) is 5.69. The van der Waals surface area contributed by atoms with Gasteiger partial charge in [0.05, 0.1) is 5.56 Å². The first kappa shape index (κ1) is 15.8. The van der Waals surface area contributed by atoms with Gasteiger partial charge in [-0.25, -0.2) is 0 Å². The summed E-state index contributed by atoms with van der Waals surface area (Å²) in [6.07, 6.45) is 1.76. The number of hydrogen-bond acceptors (Lipinski definition) is 2. The van der Waals surface area contributed by atoms with Crippen LogP contribution >= 0.6 is 0 Å². The maximum absolute atomic E-state index is 12.7. The number of nitrogens with zero attached hydrogens (tertiary/aromatic N) is 3. The summed E-state index contributed by atoms with van der Waals surface area (Å²) in [4.78, 5) is 14.5. The highest BCUT2D eigenvalue weighted by molar-refractivity contribution is 5.88. The van der Waals surface area contributed by atoms with Gasteiger partial charge in [-0.15, -0.1) is 0 Å². The number of carbonyl (C=O) groups excluding carboxylic acids is 1. The van der Waals surface area contributed by atoms with Crippen molar-refractivity contribution < 1.29 is 4.79 Å². The fourth-order valence-corrected chi connectivity index (χ4v) is 2.89. The Hall–Kier alpha value is -3.06. The van der Waals surface area contributed by atoms with Crippen LogP contribution in [0.5, 0.6) is 0 Å². The minimum absolute atomic E-state index is 0.0478. The third kappa shape index (κ3) is 3.16. The molecule has 0 saturated carbocycles. The molecule has 3 rings (SSSR count). The van der Waals surface area contributed by atoms with E-state index in [-0.39, 0.29) is 12.5 Å². The second kappa shape index (κ2) is 7.01. The van der Waals surface area contributed by atoms with Gasteiger partial charge >= 0.3 is 0 Å². The van der Waals surface area contributed by atoms with Crippen molar-refractivity contribution in [2.45, 2.75) is 20.0 Å². The second-order valence-electron chi connectivity index (χ2n) is 5.69. The van der Waals surface area contributed by atoms with Crippen LogP contribution in [0.3, 0.4) is 0 Å². The number of carbonyl (C=O) groups is 1. The molecule has 0 aliphatic heterocycles. The molecule has 4 nitrogen and oxygen atoms in total. The predicted octanol–water partition coefficient (Wildman–Crippen LogP) is 3.56. The average Bonchev–Trinajstić information content (AvgIpc) is 2.98. The lowest BCUT2D eigenvalue weighted by Crippen LogP contribution is -2.33. The van der Waals surface area contributed by atoms with Crippen molar-refractivity contribution in [1.29, 1.82) is 5.26 Å². The molecule has 0 bridgehead atoms. The fraction of sp³-hybridized carbons (Fsp3) is 0.200. The molecule has 0 aliphatic rings. The van der Waals surface area contributed by atoms with Gasteiger partial charge in [-0.05, 0) is 18.6 Å². The summed E-state index contributed by atoms with van der Waals surface area (Å²) in [6.45, 7) is 3.47. The molecule has 24 heavy (non-hydrogen) atoms. The largest absolute Gasteiger partial charge is 0.337 e. The van der Waals surface area contributed by atoms with Crippen molar-refractivity contribution in [3.63, 3.8) is 0 Å². The van der Waals surface area contributed by atoms with Crippen LogP contribution < -0.4 is 0 Å². The molecule has 0 fully saturated rings. The van der Waals surface area contributed by atoms with Gasteiger partial charge < -0.3 is 9.47 Å². The Bertz CT molecular complexity index is 890. The van der Waals surface area contributed by atoms with Crippen molar-refractivity contribution in [3.8, 4) is 6.07 Å². The maximum atomic E-state index is 12.7. The van der Waals surface area contributed by atoms with Crippen LogP contribution in [-0.4, -0.2) is 21.9 Å². The molecule has 0 saturated heterocycles. The SMILES string of the molecule is CCN(Cc1ccccc1)C(=O)Cn1cc(C#N)c2ccccc21. The molecule has 3 aromatic rings. The molecule has 2 aromatic carbocycles. The number of para-hydroxylation sites is 1. The molecule has 0 aliphatic carbocycles. The molecule has 1 heterocycles. The van der Waals surface area contributed by atoms with Crippen LogP contribution in [0.15, 0.2) is 60.8 Å². The van der Waals surface area contributed by atoms with E-state index in [9.17, 15) is 10.1 Å². The molecule has 1 amide bonds. The van der Waals surface area contributed by atoms with Crippen molar-refractivity contribution >= 4 is 16.8 Å². The van der Waals surface area contributed by atoms with Gasteiger partial charge in [0, 0.05) is 30.2 Å². The number of fused-ring (bicyclic) bond motifs is 1. The zero-order chi connectivity index (χ0) is 16.9. The Morgan fingerprint density at radius 1 is 1.12 bits per heavy atom. The standard InChI is InChI=1S/C20H19N3O/c1-2-22(13-16-8-4-3-5-9-16)20(24)15-23-14-17(12-21)18-10-6-7-11-19(18)23/h3-11,14H,2,13,15H2,1H3. The zero-order valence-corrected chi connectivity index (χ0v) is 13.6. The molecule has 0 N–H and O–H groups in total. The summed E-state index contributed by atoms with van der Waals surface area (Å²) in [7, 11) is 0. The van der Waals surface area contributed by atoms with E-state index in [1.165, 1.54) is 0 Å². The minimum Gasteiger partial charge on any atom is -0.337 e. The Kier molecular flexibility index (Phi) is 4.62. The number of rotatable bonds is 5. The highest BCUT2D eigenvalue weighted by atomic mass is 16.2. The molecular weight excluding hydrogens is 298 g/mol. The van der Waals surface area contributed by atoms with Crippen LogP contribution in [0, 0.1) is 11.3 Å². The van der Waals surface area contributed by atoms with Crippen LogP contribution in [0.2, 0.25) is 0 Å². The lowest BCUT2D eigenvalue weighted by molar-refractivity contribution is -0.132. The van der Waals surface area contributed by atoms with E-state index in [4.69, 9.17) is 0 Å². The summed E-state index contributed by atoms with van der Waals surface area (Å²) in [5.74, 6) is 0.0478. The number of benzene rings is 2. The smallest absolute Gasteiger partial charge is 0.242 e. The number of likely N-dealkylation sites (N-methyl/N-ethyl adjacent to an activating group) is 1. The van der Waals surface area contributed by atoms with Crippen LogP contribution in [0.25, 0.3) is 10.9 Å². The molecule has 0 radical (unpaired) electrons. The maximum Gasteiger partial charge on any atom is 0.242 e. The molecule has 0 atom stereocenters. The molecule has 4 heteroatoms. The highest BCUT2D eigenvalue weighted by Gasteiger charge is 2.15. The molecular formula is C20H19N3O. The number of aromatic nitrogens is 1. The van der Waals surface area contributed by atoms with E-state index in [0.717, 1.165) is 16.5 Å². The predicted molar refractivity (Wildman–Crippen MR) is 94.2 cm³/mol. The Morgan fingerprint density at radius 2 is 1.83 bits per heavy atom. The van der Waals surface area contributed by atoms with Crippen molar-refractivity contribution in [2.75, 3.05) is 6.54 Å². The van der Waals surface area contributed by atoms with E-state index in [1.807, 2.05) is 71.0 Å². The van der Waals surface area contributed by atoms with E-state index < -0.39 is 0 Å². The molecule has 0 unspecified atom stereocenters. The Labute approximate surface area is 141 Å². The quantitative estimate of drug-likeness (QED) is 0.722. The van der Waals surface area contributed by atoms with Gasteiger partial charge in [-0.3, -0.25) is 4.79 Å². The van der Waals surface area contributed by atoms with Gasteiger partial charge in [0.25, 0.3) is 0 Å². The first-order valence-corrected chi connectivity index (χ1v) is 8.02. The number of hydrogen-bond donors (Lipinski definition) is 0. The number of nitriles is 1. The van der Waals surface area contributed by atoms with Gasteiger partial charge in [-0.2, -0.15) is 5.26 Å². The van der Waals surface area contributed by atoms with E-state index in [2.05, 4.69) is 6.07 Å². The van der Waals surface area contributed by atoms with E-state index in [0.29, 0.717) is 18.7 Å². The van der Waals surface area contributed by atoms with Crippen LogP contribution in [0.4, 0.5) is 0 Å². The van der Waals surface area contributed by atoms with Crippen molar-refractivity contribution in [1.82, 2.24) is 9.47 Å². The van der Waals surface area contributed by atoms with Crippen LogP contribution in [0.1, 0.15) is 18.1 Å². The monoisotopic (exact) mass is 317 g/mol. The summed E-state index contributed by atoms with van der Waals surface area (Å²) >= 11 is 0. The van der Waals surface area contributed by atoms with E-state index >= 15 is 0 Å². The Balaban J connectivity index is 1.82. The summed E-state index contributed by atoms with van der Waals surface area (Å²) < 4.78 is 1.86. The van der Waals surface area contributed by atoms with E-state index in [1.54, 1.807) is 6.20 Å². The third-order valence-electron chi connectivity index (χ3n) is 4.17. The highest BCUT2D eigenvalue weighted by Crippen LogP contribution is 2.20. The summed E-state index contributed by atoms with van der Waals surface area (Å²) in [5, 5.41) is 10.2. The summed E-state index contributed by atoms with van der Waals surface area (Å²) in [6, 6.07) is 19.9. The average molecular weight is 317 g/mol. The summed E-state index contributed by atoms with van der Waals surface area (Å²) in [5.41, 5.74) is 2.63. The van der Waals surface area contributed by atoms with Gasteiger partial charge in [0.15, 0.2) is 0 Å². The lowest BCUT2D eigenvalue weighted by atomic mass is 10.2. The normalized spacial score (nSPS) is 10.5. The first-order chi connectivity index (χ1) is 11.7. The van der Waals surface area contributed by atoms with Crippen LogP contribution in [-0.2, 0) is 17.9 Å². The van der Waals surface area contributed by atoms with Crippen molar-refractivity contribution in [2.24, 2.45) is 0 Å². The molecule has 1 aromatic heterocycles. The lowest BCUT2D eigenvalue weighted by Gasteiger charge is -2.21. The third-order valence-corrected chi connectivity index (χ3v) is 4.17. The Morgan fingerprint density at radius 3 is 2.54 bits per heavy atom. The molecule has 0 spiro atoms. The van der Waals surface area contributed by atoms with Gasteiger partial charge in [-0.1, -0.05) is 48.5 Å². The first-order valence-electron chi connectivity index (χ1n) is 8.02. The number of amides is 1.